The fraction of sp³-hybridized carbons (Fsp3) is 0.500. The number of halogens is 1. The van der Waals surface area contributed by atoms with Crippen LogP contribution in [0.1, 0.15) is 18.1 Å². The van der Waals surface area contributed by atoms with Gasteiger partial charge in [-0.05, 0) is 18.6 Å². The van der Waals surface area contributed by atoms with Crippen molar-refractivity contribution in [3.8, 4) is 0 Å². The quantitative estimate of drug-likeness (QED) is 0.850. The van der Waals surface area contributed by atoms with Crippen LogP contribution in [0.4, 0.5) is 9.18 Å². The van der Waals surface area contributed by atoms with Crippen LogP contribution in [0, 0.1) is 5.82 Å². The van der Waals surface area contributed by atoms with Gasteiger partial charge in [-0.2, -0.15) is 0 Å². The molecule has 1 saturated heterocycles. The zero-order chi connectivity index (χ0) is 16.3. The number of amides is 2. The topological polar surface area (TPSA) is 92.5 Å². The second kappa shape index (κ2) is 6.62. The van der Waals surface area contributed by atoms with Crippen LogP contribution in [0.15, 0.2) is 18.2 Å². The number of carbonyl (C=O) groups excluding carboxylic acids is 1. The average molecular weight is 329 g/mol. The highest BCUT2D eigenvalue weighted by Gasteiger charge is 2.31. The van der Waals surface area contributed by atoms with E-state index in [1.165, 1.54) is 11.0 Å². The molecule has 3 N–H and O–H groups in total. The third-order valence-electron chi connectivity index (χ3n) is 3.81. The van der Waals surface area contributed by atoms with Crippen molar-refractivity contribution in [2.24, 2.45) is 5.73 Å². The summed E-state index contributed by atoms with van der Waals surface area (Å²) >= 11 is 0. The van der Waals surface area contributed by atoms with Crippen molar-refractivity contribution in [3.63, 3.8) is 0 Å². The van der Waals surface area contributed by atoms with E-state index in [0.717, 1.165) is 0 Å². The van der Waals surface area contributed by atoms with E-state index in [4.69, 9.17) is 5.73 Å². The van der Waals surface area contributed by atoms with Gasteiger partial charge in [-0.1, -0.05) is 12.1 Å². The number of hydrogen-bond donors (Lipinski definition) is 2. The minimum absolute atomic E-state index is 0.0405. The summed E-state index contributed by atoms with van der Waals surface area (Å²) in [5.41, 5.74) is 6.48. The Hall–Kier alpha value is -1.67. The van der Waals surface area contributed by atoms with E-state index < -0.39 is 20.9 Å². The Bertz CT molecular complexity index is 663. The number of nitrogens with one attached hydrogen (secondary N) is 1. The van der Waals surface area contributed by atoms with Crippen molar-refractivity contribution in [2.45, 2.75) is 25.3 Å². The maximum atomic E-state index is 13.8. The van der Waals surface area contributed by atoms with E-state index in [0.29, 0.717) is 11.1 Å². The van der Waals surface area contributed by atoms with Crippen molar-refractivity contribution < 1.29 is 17.6 Å². The number of benzene rings is 1. The molecule has 0 aromatic heterocycles. The highest BCUT2D eigenvalue weighted by molar-refractivity contribution is 7.92. The number of urea groups is 1. The Balaban J connectivity index is 1.93. The van der Waals surface area contributed by atoms with Gasteiger partial charge in [-0.3, -0.25) is 0 Å². The molecule has 0 radical (unpaired) electrons. The van der Waals surface area contributed by atoms with Gasteiger partial charge in [0.1, 0.15) is 5.82 Å². The van der Waals surface area contributed by atoms with E-state index in [2.05, 4.69) is 5.32 Å². The smallest absolute Gasteiger partial charge is 0.317 e. The lowest BCUT2D eigenvalue weighted by Gasteiger charge is -2.30. The van der Waals surface area contributed by atoms with Crippen molar-refractivity contribution in [1.29, 1.82) is 0 Å². The van der Waals surface area contributed by atoms with Crippen molar-refractivity contribution in [3.05, 3.63) is 35.1 Å². The van der Waals surface area contributed by atoms with E-state index in [9.17, 15) is 17.6 Å². The zero-order valence-electron chi connectivity index (χ0n) is 12.4. The molecule has 8 heteroatoms. The lowest BCUT2D eigenvalue weighted by molar-refractivity contribution is 0.198. The monoisotopic (exact) mass is 329 g/mol. The van der Waals surface area contributed by atoms with Crippen LogP contribution in [0.25, 0.3) is 0 Å². The summed E-state index contributed by atoms with van der Waals surface area (Å²) in [5, 5.41) is 2.04. The number of carbonyl (C=O) groups is 1. The van der Waals surface area contributed by atoms with Crippen LogP contribution < -0.4 is 11.1 Å². The fourth-order valence-corrected chi connectivity index (χ4v) is 3.57. The number of sulfone groups is 1. The predicted molar refractivity (Wildman–Crippen MR) is 81.3 cm³/mol. The molecular formula is C14H20FN3O3S. The molecule has 1 aliphatic heterocycles. The zero-order valence-corrected chi connectivity index (χ0v) is 13.2. The second-order valence-electron chi connectivity index (χ2n) is 5.41. The lowest BCUT2D eigenvalue weighted by atomic mass is 10.1. The summed E-state index contributed by atoms with van der Waals surface area (Å²) in [7, 11) is -3.10. The van der Waals surface area contributed by atoms with Gasteiger partial charge < -0.3 is 16.0 Å². The molecule has 6 nitrogen and oxygen atoms in total. The van der Waals surface area contributed by atoms with Gasteiger partial charge in [-0.15, -0.1) is 0 Å². The SMILES string of the molecule is C[C@H]1CN(C(=O)NCc2ccc(CN)cc2F)CCS1(=O)=O. The van der Waals surface area contributed by atoms with Gasteiger partial charge in [0.25, 0.3) is 0 Å². The summed E-state index contributed by atoms with van der Waals surface area (Å²) in [6, 6.07) is 4.25. The van der Waals surface area contributed by atoms with Gasteiger partial charge in [0, 0.05) is 31.7 Å². The summed E-state index contributed by atoms with van der Waals surface area (Å²) < 4.78 is 37.0. The molecule has 0 aliphatic carbocycles. The summed E-state index contributed by atoms with van der Waals surface area (Å²) in [6.07, 6.45) is 0. The average Bonchev–Trinajstić information content (AvgIpc) is 2.48. The molecule has 1 aliphatic rings. The normalized spacial score (nSPS) is 20.7. The van der Waals surface area contributed by atoms with Crippen molar-refractivity contribution >= 4 is 15.9 Å². The largest absolute Gasteiger partial charge is 0.334 e. The molecule has 22 heavy (non-hydrogen) atoms. The first kappa shape index (κ1) is 16.7. The first-order valence-electron chi connectivity index (χ1n) is 7.05. The molecule has 2 rings (SSSR count). The Morgan fingerprint density at radius 1 is 1.50 bits per heavy atom. The van der Waals surface area contributed by atoms with Crippen LogP contribution in [0.5, 0.6) is 0 Å². The number of nitrogens with two attached hydrogens (primary N) is 1. The van der Waals surface area contributed by atoms with Gasteiger partial charge in [0.05, 0.1) is 11.0 Å². The third-order valence-corrected chi connectivity index (χ3v) is 5.93. The van der Waals surface area contributed by atoms with Gasteiger partial charge in [-0.25, -0.2) is 17.6 Å². The second-order valence-corrected chi connectivity index (χ2v) is 7.95. The fourth-order valence-electron chi connectivity index (χ4n) is 2.28. The number of rotatable bonds is 3. The highest BCUT2D eigenvalue weighted by atomic mass is 32.2. The Kier molecular flexibility index (Phi) is 5.02. The van der Waals surface area contributed by atoms with Crippen LogP contribution in [0.2, 0.25) is 0 Å². The van der Waals surface area contributed by atoms with Crippen LogP contribution in [-0.2, 0) is 22.9 Å². The van der Waals surface area contributed by atoms with E-state index in [1.807, 2.05) is 0 Å². The molecule has 1 atom stereocenters. The van der Waals surface area contributed by atoms with Crippen LogP contribution in [0.3, 0.4) is 0 Å². The number of nitrogens with zero attached hydrogens (tertiary/aromatic N) is 1. The van der Waals surface area contributed by atoms with Crippen molar-refractivity contribution in [2.75, 3.05) is 18.8 Å². The molecule has 1 fully saturated rings. The number of hydrogen-bond acceptors (Lipinski definition) is 4. The van der Waals surface area contributed by atoms with Gasteiger partial charge in [0.15, 0.2) is 9.84 Å². The van der Waals surface area contributed by atoms with E-state index in [1.54, 1.807) is 19.1 Å². The third kappa shape index (κ3) is 3.75. The molecule has 1 heterocycles. The van der Waals surface area contributed by atoms with Gasteiger partial charge in [0.2, 0.25) is 0 Å². The molecule has 0 bridgehead atoms. The minimum atomic E-state index is -3.10. The van der Waals surface area contributed by atoms with Gasteiger partial charge >= 0.3 is 6.03 Å². The molecular weight excluding hydrogens is 309 g/mol. The standard InChI is InChI=1S/C14H20FN3O3S/c1-10-9-18(4-5-22(10,20)21)14(19)17-8-12-3-2-11(7-16)6-13(12)15/h2-3,6,10H,4-5,7-9,16H2,1H3,(H,17,19)/t10-/m0/s1. The first-order chi connectivity index (χ1) is 10.3. The Morgan fingerprint density at radius 2 is 2.23 bits per heavy atom. The molecule has 0 saturated carbocycles. The van der Waals surface area contributed by atoms with E-state index in [-0.39, 0.29) is 38.0 Å². The minimum Gasteiger partial charge on any atom is -0.334 e. The molecule has 0 spiro atoms. The molecule has 2 amide bonds. The lowest BCUT2D eigenvalue weighted by Crippen LogP contribution is -2.51. The molecule has 0 unspecified atom stereocenters. The van der Waals surface area contributed by atoms with Crippen molar-refractivity contribution in [1.82, 2.24) is 10.2 Å². The van der Waals surface area contributed by atoms with Crippen LogP contribution >= 0.6 is 0 Å². The van der Waals surface area contributed by atoms with E-state index >= 15 is 0 Å². The molecule has 1 aromatic rings. The Morgan fingerprint density at radius 3 is 2.82 bits per heavy atom. The summed E-state index contributed by atoms with van der Waals surface area (Å²) in [5.74, 6) is -0.459. The maximum Gasteiger partial charge on any atom is 0.317 e. The van der Waals surface area contributed by atoms with Crippen LogP contribution in [-0.4, -0.2) is 43.4 Å². The summed E-state index contributed by atoms with van der Waals surface area (Å²) in [4.78, 5) is 13.5. The maximum absolute atomic E-state index is 13.8. The summed E-state index contributed by atoms with van der Waals surface area (Å²) in [6.45, 7) is 2.20. The Labute approximate surface area is 129 Å². The predicted octanol–water partition coefficient (Wildman–Crippen LogP) is 0.613. The first-order valence-corrected chi connectivity index (χ1v) is 8.76. The molecule has 1 aromatic carbocycles. The highest BCUT2D eigenvalue weighted by Crippen LogP contribution is 2.13. The molecule has 122 valence electrons.